The van der Waals surface area contributed by atoms with E-state index >= 15 is 0 Å². The van der Waals surface area contributed by atoms with E-state index in [1.165, 1.54) is 12.8 Å². The van der Waals surface area contributed by atoms with Gasteiger partial charge >= 0.3 is 6.18 Å². The maximum atomic E-state index is 12.8. The van der Waals surface area contributed by atoms with Gasteiger partial charge in [0.1, 0.15) is 0 Å². The number of nitrogens with zero attached hydrogens (tertiary/aromatic N) is 1. The van der Waals surface area contributed by atoms with Crippen LogP contribution in [0.2, 0.25) is 0 Å². The standard InChI is InChI=1S/C21H24F3N3O3S/c22-21(23,24)16-6-5-7-19(14-16)31(29,30)25-15-20(28)26-17-8-10-18(11-9-17)27-12-3-1-2-4-13-27/h5-11,14,25H,1-4,12-13,15H2,(H,26,28). The molecule has 2 aromatic carbocycles. The van der Waals surface area contributed by atoms with Crippen molar-refractivity contribution in [1.29, 1.82) is 0 Å². The third-order valence-corrected chi connectivity index (χ3v) is 6.42. The highest BCUT2D eigenvalue weighted by Gasteiger charge is 2.31. The van der Waals surface area contributed by atoms with Crippen LogP contribution in [-0.2, 0) is 21.0 Å². The minimum Gasteiger partial charge on any atom is -0.372 e. The Morgan fingerprint density at radius 1 is 0.968 bits per heavy atom. The number of nitrogens with one attached hydrogen (secondary N) is 2. The Morgan fingerprint density at radius 3 is 2.23 bits per heavy atom. The van der Waals surface area contributed by atoms with Crippen molar-refractivity contribution in [3.63, 3.8) is 0 Å². The summed E-state index contributed by atoms with van der Waals surface area (Å²) in [5, 5.41) is 2.58. The molecule has 2 N–H and O–H groups in total. The van der Waals surface area contributed by atoms with E-state index in [2.05, 4.69) is 10.2 Å². The summed E-state index contributed by atoms with van der Waals surface area (Å²) < 4.78 is 64.9. The van der Waals surface area contributed by atoms with Gasteiger partial charge in [-0.05, 0) is 55.3 Å². The van der Waals surface area contributed by atoms with Gasteiger partial charge in [-0.2, -0.15) is 13.2 Å². The average molecular weight is 456 g/mol. The van der Waals surface area contributed by atoms with Crippen LogP contribution < -0.4 is 14.9 Å². The number of rotatable bonds is 6. The SMILES string of the molecule is O=C(CNS(=O)(=O)c1cccc(C(F)(F)F)c1)Nc1ccc(N2CCCCCC2)cc1. The van der Waals surface area contributed by atoms with Gasteiger partial charge in [-0.1, -0.05) is 18.9 Å². The van der Waals surface area contributed by atoms with Crippen molar-refractivity contribution in [1.82, 2.24) is 4.72 Å². The zero-order chi connectivity index (χ0) is 22.5. The summed E-state index contributed by atoms with van der Waals surface area (Å²) in [6.45, 7) is 1.37. The number of halogens is 3. The third kappa shape index (κ3) is 6.44. The predicted octanol–water partition coefficient (Wildman–Crippen LogP) is 4.00. The van der Waals surface area contributed by atoms with Crippen molar-refractivity contribution < 1.29 is 26.4 Å². The molecule has 1 fully saturated rings. The summed E-state index contributed by atoms with van der Waals surface area (Å²) in [5.74, 6) is -0.627. The fraction of sp³-hybridized carbons (Fsp3) is 0.381. The molecule has 168 valence electrons. The predicted molar refractivity (Wildman–Crippen MR) is 112 cm³/mol. The smallest absolute Gasteiger partial charge is 0.372 e. The Bertz CT molecular complexity index is 1000. The maximum absolute atomic E-state index is 12.8. The molecule has 0 atom stereocenters. The Labute approximate surface area is 179 Å². The van der Waals surface area contributed by atoms with E-state index in [1.54, 1.807) is 12.1 Å². The van der Waals surface area contributed by atoms with E-state index in [4.69, 9.17) is 0 Å². The Morgan fingerprint density at radius 2 is 1.61 bits per heavy atom. The van der Waals surface area contributed by atoms with Gasteiger partial charge in [0.15, 0.2) is 0 Å². The lowest BCUT2D eigenvalue weighted by Gasteiger charge is -2.22. The number of hydrogen-bond acceptors (Lipinski definition) is 4. The fourth-order valence-corrected chi connectivity index (χ4v) is 4.40. The molecule has 1 heterocycles. The van der Waals surface area contributed by atoms with E-state index in [-0.39, 0.29) is 0 Å². The Balaban J connectivity index is 1.57. The van der Waals surface area contributed by atoms with Gasteiger partial charge in [0.05, 0.1) is 17.0 Å². The molecule has 31 heavy (non-hydrogen) atoms. The maximum Gasteiger partial charge on any atom is 0.416 e. The highest BCUT2D eigenvalue weighted by atomic mass is 32.2. The van der Waals surface area contributed by atoms with Crippen LogP contribution in [0, 0.1) is 0 Å². The molecule has 1 saturated heterocycles. The van der Waals surface area contributed by atoms with E-state index in [1.807, 2.05) is 16.9 Å². The van der Waals surface area contributed by atoms with Gasteiger partial charge in [0, 0.05) is 24.5 Å². The van der Waals surface area contributed by atoms with E-state index < -0.39 is 39.1 Å². The van der Waals surface area contributed by atoms with Crippen molar-refractivity contribution in [3.8, 4) is 0 Å². The van der Waals surface area contributed by atoms with Crippen molar-refractivity contribution in [3.05, 3.63) is 54.1 Å². The van der Waals surface area contributed by atoms with Gasteiger partial charge in [-0.3, -0.25) is 4.79 Å². The van der Waals surface area contributed by atoms with Crippen LogP contribution in [0.3, 0.4) is 0 Å². The first-order chi connectivity index (χ1) is 14.6. The minimum absolute atomic E-state index is 0.502. The first kappa shape index (κ1) is 23.1. The summed E-state index contributed by atoms with van der Waals surface area (Å²) in [6, 6.07) is 10.6. The molecular weight excluding hydrogens is 431 g/mol. The van der Waals surface area contributed by atoms with Gasteiger partial charge in [-0.25, -0.2) is 13.1 Å². The molecule has 10 heteroatoms. The molecule has 0 saturated carbocycles. The summed E-state index contributed by atoms with van der Waals surface area (Å²) in [5.41, 5.74) is 0.483. The molecule has 0 aliphatic carbocycles. The second kappa shape index (κ2) is 9.69. The number of hydrogen-bond donors (Lipinski definition) is 2. The van der Waals surface area contributed by atoms with Gasteiger partial charge < -0.3 is 10.2 Å². The summed E-state index contributed by atoms with van der Waals surface area (Å²) in [6.07, 6.45) is 0.0690. The lowest BCUT2D eigenvalue weighted by molar-refractivity contribution is -0.137. The highest BCUT2D eigenvalue weighted by Crippen LogP contribution is 2.30. The Hall–Kier alpha value is -2.59. The third-order valence-electron chi connectivity index (χ3n) is 5.02. The molecule has 0 aromatic heterocycles. The first-order valence-electron chi connectivity index (χ1n) is 9.97. The first-order valence-corrected chi connectivity index (χ1v) is 11.5. The van der Waals surface area contributed by atoms with Crippen molar-refractivity contribution in [2.75, 3.05) is 29.9 Å². The normalized spacial score (nSPS) is 15.4. The van der Waals surface area contributed by atoms with Gasteiger partial charge in [0.25, 0.3) is 0 Å². The zero-order valence-corrected chi connectivity index (χ0v) is 17.6. The number of sulfonamides is 1. The fourth-order valence-electron chi connectivity index (χ4n) is 3.37. The monoisotopic (exact) mass is 455 g/mol. The van der Waals surface area contributed by atoms with Crippen LogP contribution in [-0.4, -0.2) is 34.0 Å². The molecule has 3 rings (SSSR count). The lowest BCUT2D eigenvalue weighted by Crippen LogP contribution is -2.33. The second-order valence-corrected chi connectivity index (χ2v) is 9.11. The number of benzene rings is 2. The molecule has 6 nitrogen and oxygen atoms in total. The van der Waals surface area contributed by atoms with Crippen LogP contribution in [0.4, 0.5) is 24.5 Å². The van der Waals surface area contributed by atoms with Crippen LogP contribution >= 0.6 is 0 Å². The quantitative estimate of drug-likeness (QED) is 0.690. The molecule has 1 amide bonds. The Kier molecular flexibility index (Phi) is 7.22. The molecule has 0 unspecified atom stereocenters. The lowest BCUT2D eigenvalue weighted by atomic mass is 10.2. The van der Waals surface area contributed by atoms with Crippen LogP contribution in [0.25, 0.3) is 0 Å². The minimum atomic E-state index is -4.66. The van der Waals surface area contributed by atoms with E-state index in [9.17, 15) is 26.4 Å². The molecule has 0 radical (unpaired) electrons. The van der Waals surface area contributed by atoms with Crippen molar-refractivity contribution in [2.45, 2.75) is 36.8 Å². The summed E-state index contributed by atoms with van der Waals surface area (Å²) in [4.78, 5) is 13.9. The highest BCUT2D eigenvalue weighted by molar-refractivity contribution is 7.89. The molecule has 2 aromatic rings. The zero-order valence-electron chi connectivity index (χ0n) is 16.8. The number of alkyl halides is 3. The number of amides is 1. The van der Waals surface area contributed by atoms with Crippen molar-refractivity contribution in [2.24, 2.45) is 0 Å². The molecular formula is C21H24F3N3O3S. The largest absolute Gasteiger partial charge is 0.416 e. The molecule has 1 aliphatic heterocycles. The summed E-state index contributed by atoms with van der Waals surface area (Å²) in [7, 11) is -4.27. The number of anilines is 2. The average Bonchev–Trinajstić information content (AvgIpc) is 3.02. The van der Waals surface area contributed by atoms with Gasteiger partial charge in [0.2, 0.25) is 15.9 Å². The van der Waals surface area contributed by atoms with Crippen LogP contribution in [0.1, 0.15) is 31.2 Å². The van der Waals surface area contributed by atoms with E-state index in [0.717, 1.165) is 49.8 Å². The van der Waals surface area contributed by atoms with Crippen molar-refractivity contribution >= 4 is 27.3 Å². The van der Waals surface area contributed by atoms with Crippen LogP contribution in [0.15, 0.2) is 53.4 Å². The topological polar surface area (TPSA) is 78.5 Å². The molecule has 1 aliphatic rings. The number of carbonyl (C=O) groups is 1. The van der Waals surface area contributed by atoms with Gasteiger partial charge in [-0.15, -0.1) is 0 Å². The van der Waals surface area contributed by atoms with Crippen LogP contribution in [0.5, 0.6) is 0 Å². The number of carbonyl (C=O) groups excluding carboxylic acids is 1. The molecule has 0 spiro atoms. The van der Waals surface area contributed by atoms with E-state index in [0.29, 0.717) is 11.8 Å². The summed E-state index contributed by atoms with van der Waals surface area (Å²) >= 11 is 0. The second-order valence-electron chi connectivity index (χ2n) is 7.35. The molecule has 0 bridgehead atoms.